The Morgan fingerprint density at radius 1 is 0.917 bits per heavy atom. The minimum Gasteiger partial charge on any atom is -0.355 e. The molecule has 1 saturated heterocycles. The van der Waals surface area contributed by atoms with Crippen molar-refractivity contribution in [2.45, 2.75) is 19.3 Å². The number of hydrogen-bond donors (Lipinski definition) is 0. The highest BCUT2D eigenvalue weighted by Crippen LogP contribution is 2.34. The summed E-state index contributed by atoms with van der Waals surface area (Å²) >= 11 is 12.5. The number of halogens is 2. The largest absolute Gasteiger partial charge is 0.355 e. The molecular weight excluding hydrogens is 341 g/mol. The van der Waals surface area contributed by atoms with Crippen molar-refractivity contribution in [2.75, 3.05) is 18.0 Å². The van der Waals surface area contributed by atoms with Crippen LogP contribution in [0.5, 0.6) is 0 Å². The van der Waals surface area contributed by atoms with Crippen LogP contribution in [0.25, 0.3) is 22.2 Å². The normalized spacial score (nSPS) is 15.0. The lowest BCUT2D eigenvalue weighted by Gasteiger charge is -2.27. The standard InChI is InChI=1S/C19H17Cl2N3/c20-15-6-4-5-14(19(15)21)13-7-8-16-17(11-13)23-18(12-22-16)24-9-2-1-3-10-24/h4-8,11-12H,1-3,9-10H2. The van der Waals surface area contributed by atoms with E-state index in [4.69, 9.17) is 28.2 Å². The molecule has 0 atom stereocenters. The fourth-order valence-corrected chi connectivity index (χ4v) is 3.58. The predicted molar refractivity (Wildman–Crippen MR) is 101 cm³/mol. The van der Waals surface area contributed by atoms with Gasteiger partial charge in [-0.3, -0.25) is 4.98 Å². The van der Waals surface area contributed by atoms with Crippen LogP contribution in [0.2, 0.25) is 10.0 Å². The number of hydrogen-bond acceptors (Lipinski definition) is 3. The zero-order valence-electron chi connectivity index (χ0n) is 13.2. The molecule has 1 aliphatic rings. The quantitative estimate of drug-likeness (QED) is 0.598. The maximum absolute atomic E-state index is 6.36. The summed E-state index contributed by atoms with van der Waals surface area (Å²) in [4.78, 5) is 11.7. The van der Waals surface area contributed by atoms with Crippen LogP contribution >= 0.6 is 23.2 Å². The van der Waals surface area contributed by atoms with E-state index in [1.54, 1.807) is 6.07 Å². The van der Waals surface area contributed by atoms with Gasteiger partial charge in [-0.25, -0.2) is 4.98 Å². The Kier molecular flexibility index (Phi) is 4.30. The molecule has 1 fully saturated rings. The van der Waals surface area contributed by atoms with Crippen molar-refractivity contribution in [3.63, 3.8) is 0 Å². The van der Waals surface area contributed by atoms with E-state index in [-0.39, 0.29) is 0 Å². The second kappa shape index (κ2) is 6.58. The van der Waals surface area contributed by atoms with Gasteiger partial charge in [0.05, 0.1) is 27.3 Å². The summed E-state index contributed by atoms with van der Waals surface area (Å²) in [6, 6.07) is 11.7. The summed E-state index contributed by atoms with van der Waals surface area (Å²) in [5, 5.41) is 1.13. The van der Waals surface area contributed by atoms with Crippen molar-refractivity contribution in [3.8, 4) is 11.1 Å². The zero-order chi connectivity index (χ0) is 16.5. The highest BCUT2D eigenvalue weighted by molar-refractivity contribution is 6.43. The molecule has 0 spiro atoms. The molecule has 0 N–H and O–H groups in total. The number of aromatic nitrogens is 2. The first-order valence-electron chi connectivity index (χ1n) is 8.18. The summed E-state index contributed by atoms with van der Waals surface area (Å²) in [6.07, 6.45) is 5.62. The maximum atomic E-state index is 6.36. The average Bonchev–Trinajstić information content (AvgIpc) is 2.64. The Hall–Kier alpha value is -1.84. The first-order chi connectivity index (χ1) is 11.7. The van der Waals surface area contributed by atoms with Gasteiger partial charge in [0.1, 0.15) is 5.82 Å². The van der Waals surface area contributed by atoms with Gasteiger partial charge in [-0.2, -0.15) is 0 Å². The second-order valence-corrected chi connectivity index (χ2v) is 6.87. The van der Waals surface area contributed by atoms with Gasteiger partial charge in [0.25, 0.3) is 0 Å². The van der Waals surface area contributed by atoms with E-state index in [2.05, 4.69) is 9.88 Å². The highest BCUT2D eigenvalue weighted by atomic mass is 35.5. The van der Waals surface area contributed by atoms with E-state index in [0.29, 0.717) is 10.0 Å². The van der Waals surface area contributed by atoms with Crippen molar-refractivity contribution >= 4 is 40.1 Å². The fraction of sp³-hybridized carbons (Fsp3) is 0.263. The molecule has 0 unspecified atom stereocenters. The Bertz CT molecular complexity index is 889. The highest BCUT2D eigenvalue weighted by Gasteiger charge is 2.14. The van der Waals surface area contributed by atoms with Crippen LogP contribution in [-0.4, -0.2) is 23.1 Å². The summed E-state index contributed by atoms with van der Waals surface area (Å²) in [6.45, 7) is 2.11. The molecule has 0 radical (unpaired) electrons. The van der Waals surface area contributed by atoms with Gasteiger partial charge in [0, 0.05) is 18.7 Å². The molecule has 0 saturated carbocycles. The molecule has 122 valence electrons. The van der Waals surface area contributed by atoms with Crippen molar-refractivity contribution in [2.24, 2.45) is 0 Å². The molecular formula is C19H17Cl2N3. The van der Waals surface area contributed by atoms with Gasteiger partial charge < -0.3 is 4.90 Å². The topological polar surface area (TPSA) is 29.0 Å². The van der Waals surface area contributed by atoms with E-state index in [9.17, 15) is 0 Å². The van der Waals surface area contributed by atoms with Crippen LogP contribution in [0.1, 0.15) is 19.3 Å². The van der Waals surface area contributed by atoms with E-state index in [1.165, 1.54) is 19.3 Å². The third kappa shape index (κ3) is 2.94. The van der Waals surface area contributed by atoms with Crippen LogP contribution in [0, 0.1) is 0 Å². The number of benzene rings is 2. The number of piperidine rings is 1. The fourth-order valence-electron chi connectivity index (χ4n) is 3.17. The second-order valence-electron chi connectivity index (χ2n) is 6.08. The van der Waals surface area contributed by atoms with Gasteiger partial charge in [0.15, 0.2) is 0 Å². The smallest absolute Gasteiger partial charge is 0.147 e. The molecule has 3 aromatic rings. The Morgan fingerprint density at radius 2 is 1.75 bits per heavy atom. The van der Waals surface area contributed by atoms with Crippen molar-refractivity contribution in [1.29, 1.82) is 0 Å². The SMILES string of the molecule is Clc1cccc(-c2ccc3ncc(N4CCCCC4)nc3c2)c1Cl. The van der Waals surface area contributed by atoms with Crippen LogP contribution in [0.4, 0.5) is 5.82 Å². The Morgan fingerprint density at radius 3 is 2.58 bits per heavy atom. The molecule has 3 nitrogen and oxygen atoms in total. The molecule has 2 heterocycles. The molecule has 5 heteroatoms. The molecule has 0 aliphatic carbocycles. The molecule has 0 amide bonds. The van der Waals surface area contributed by atoms with Crippen LogP contribution < -0.4 is 4.90 Å². The number of rotatable bonds is 2. The third-order valence-electron chi connectivity index (χ3n) is 4.47. The van der Waals surface area contributed by atoms with Gasteiger partial charge in [0.2, 0.25) is 0 Å². The van der Waals surface area contributed by atoms with Gasteiger partial charge in [-0.1, -0.05) is 41.4 Å². The minimum absolute atomic E-state index is 0.558. The van der Waals surface area contributed by atoms with E-state index in [0.717, 1.165) is 41.1 Å². The van der Waals surface area contributed by atoms with Gasteiger partial charge in [-0.15, -0.1) is 0 Å². The zero-order valence-corrected chi connectivity index (χ0v) is 14.7. The Labute approximate surface area is 151 Å². The molecule has 0 bridgehead atoms. The van der Waals surface area contributed by atoms with Gasteiger partial charge in [-0.05, 0) is 43.0 Å². The average molecular weight is 358 g/mol. The van der Waals surface area contributed by atoms with Crippen molar-refractivity contribution in [3.05, 3.63) is 52.6 Å². The maximum Gasteiger partial charge on any atom is 0.147 e. The summed E-state index contributed by atoms with van der Waals surface area (Å²) in [5.41, 5.74) is 3.68. The molecule has 1 aliphatic heterocycles. The third-order valence-corrected chi connectivity index (χ3v) is 5.29. The van der Waals surface area contributed by atoms with Crippen LogP contribution in [0.3, 0.4) is 0 Å². The lowest BCUT2D eigenvalue weighted by Crippen LogP contribution is -2.30. The predicted octanol–water partition coefficient (Wildman–Crippen LogP) is 5.59. The molecule has 4 rings (SSSR count). The van der Waals surface area contributed by atoms with E-state index < -0.39 is 0 Å². The monoisotopic (exact) mass is 357 g/mol. The first-order valence-corrected chi connectivity index (χ1v) is 8.94. The Balaban J connectivity index is 1.77. The van der Waals surface area contributed by atoms with Crippen LogP contribution in [-0.2, 0) is 0 Å². The van der Waals surface area contributed by atoms with E-state index in [1.807, 2.05) is 36.5 Å². The van der Waals surface area contributed by atoms with E-state index >= 15 is 0 Å². The van der Waals surface area contributed by atoms with Crippen LogP contribution in [0.15, 0.2) is 42.6 Å². The summed E-state index contributed by atoms with van der Waals surface area (Å²) < 4.78 is 0. The lowest BCUT2D eigenvalue weighted by molar-refractivity contribution is 0.573. The number of nitrogens with zero attached hydrogens (tertiary/aromatic N) is 3. The van der Waals surface area contributed by atoms with Gasteiger partial charge >= 0.3 is 0 Å². The minimum atomic E-state index is 0.558. The molecule has 24 heavy (non-hydrogen) atoms. The number of fused-ring (bicyclic) bond motifs is 1. The summed E-state index contributed by atoms with van der Waals surface area (Å²) in [7, 11) is 0. The first kappa shape index (κ1) is 15.7. The van der Waals surface area contributed by atoms with Crippen molar-refractivity contribution in [1.82, 2.24) is 9.97 Å². The number of anilines is 1. The molecule has 2 aromatic carbocycles. The lowest BCUT2D eigenvalue weighted by atomic mass is 10.0. The summed E-state index contributed by atoms with van der Waals surface area (Å²) in [5.74, 6) is 0.955. The molecule has 1 aromatic heterocycles. The van der Waals surface area contributed by atoms with Crippen molar-refractivity contribution < 1.29 is 0 Å².